The molecule has 0 saturated carbocycles. The first kappa shape index (κ1) is 21.8. The lowest BCUT2D eigenvalue weighted by Crippen LogP contribution is -2.32. The van der Waals surface area contributed by atoms with Crippen LogP contribution in [0.2, 0.25) is 0 Å². The SMILES string of the molecule is NC(=O)C(c1ccc(-c2ccn3ncnc3c2)cc1)c1ccc2c(c1)CN(C(=O)CO)CCC2. The van der Waals surface area contributed by atoms with E-state index >= 15 is 0 Å². The minimum absolute atomic E-state index is 0.287. The molecule has 3 N–H and O–H groups in total. The summed E-state index contributed by atoms with van der Waals surface area (Å²) in [4.78, 5) is 30.5. The normalized spacial score (nSPS) is 14.4. The zero-order chi connectivity index (χ0) is 23.7. The van der Waals surface area contributed by atoms with E-state index in [4.69, 9.17) is 5.73 Å². The van der Waals surface area contributed by atoms with Gasteiger partial charge in [-0.25, -0.2) is 9.50 Å². The molecule has 2 aromatic heterocycles. The first-order chi connectivity index (χ1) is 16.5. The maximum atomic E-state index is 12.5. The molecule has 0 radical (unpaired) electrons. The summed E-state index contributed by atoms with van der Waals surface area (Å²) in [6.45, 7) is 0.512. The van der Waals surface area contributed by atoms with Crippen LogP contribution in [0.4, 0.5) is 0 Å². The van der Waals surface area contributed by atoms with Gasteiger partial charge in [0.25, 0.3) is 0 Å². The fourth-order valence-electron chi connectivity index (χ4n) is 4.66. The second-order valence-corrected chi connectivity index (χ2v) is 8.54. The third kappa shape index (κ3) is 4.15. The van der Waals surface area contributed by atoms with Gasteiger partial charge in [0.1, 0.15) is 12.9 Å². The van der Waals surface area contributed by atoms with E-state index in [2.05, 4.69) is 10.1 Å². The number of aromatic nitrogens is 3. The summed E-state index contributed by atoms with van der Waals surface area (Å²) in [5.74, 6) is -1.33. The number of carbonyl (C=O) groups is 2. The number of primary amides is 1. The number of nitrogens with two attached hydrogens (primary N) is 1. The van der Waals surface area contributed by atoms with Gasteiger partial charge in [-0.2, -0.15) is 5.10 Å². The molecular weight excluding hydrogens is 430 g/mol. The number of aryl methyl sites for hydroxylation is 1. The van der Waals surface area contributed by atoms with E-state index in [9.17, 15) is 14.7 Å². The molecular formula is C26H25N5O3. The highest BCUT2D eigenvalue weighted by atomic mass is 16.3. The summed E-state index contributed by atoms with van der Waals surface area (Å²) >= 11 is 0. The lowest BCUT2D eigenvalue weighted by Gasteiger charge is -2.21. The molecule has 0 aliphatic carbocycles. The summed E-state index contributed by atoms with van der Waals surface area (Å²) < 4.78 is 1.70. The summed E-state index contributed by atoms with van der Waals surface area (Å²) in [6, 6.07) is 17.7. The molecule has 2 aromatic carbocycles. The number of aliphatic hydroxyl groups excluding tert-OH is 1. The van der Waals surface area contributed by atoms with E-state index < -0.39 is 18.4 Å². The quantitative estimate of drug-likeness (QED) is 0.479. The van der Waals surface area contributed by atoms with Crippen molar-refractivity contribution in [2.75, 3.05) is 13.2 Å². The molecule has 34 heavy (non-hydrogen) atoms. The molecule has 8 nitrogen and oxygen atoms in total. The number of carbonyl (C=O) groups excluding carboxylic acids is 2. The number of fused-ring (bicyclic) bond motifs is 2. The van der Waals surface area contributed by atoms with Gasteiger partial charge in [-0.1, -0.05) is 42.5 Å². The lowest BCUT2D eigenvalue weighted by molar-refractivity contribution is -0.134. The second-order valence-electron chi connectivity index (χ2n) is 8.54. The van der Waals surface area contributed by atoms with Gasteiger partial charge < -0.3 is 15.7 Å². The molecule has 1 atom stereocenters. The summed E-state index contributed by atoms with van der Waals surface area (Å²) in [7, 11) is 0. The molecule has 172 valence electrons. The Hall–Kier alpha value is -4.04. The fraction of sp³-hybridized carbons (Fsp3) is 0.231. The standard InChI is InChI=1S/C26H25N5O3/c27-26(34)25(21-8-5-17-2-1-10-30(24(33)15-32)14-22(17)12-21)19-6-3-18(4-7-19)20-9-11-31-23(13-20)28-16-29-31/h3-9,11-13,16,25,32H,1-2,10,14-15H2,(H2,27,34). The minimum Gasteiger partial charge on any atom is -0.387 e. The van der Waals surface area contributed by atoms with Crippen LogP contribution < -0.4 is 5.73 Å². The minimum atomic E-state index is -0.608. The van der Waals surface area contributed by atoms with Crippen molar-refractivity contribution in [1.82, 2.24) is 19.5 Å². The Labute approximate surface area is 196 Å². The zero-order valence-corrected chi connectivity index (χ0v) is 18.6. The highest BCUT2D eigenvalue weighted by molar-refractivity contribution is 5.86. The highest BCUT2D eigenvalue weighted by Gasteiger charge is 2.24. The van der Waals surface area contributed by atoms with Crippen molar-refractivity contribution in [3.8, 4) is 11.1 Å². The van der Waals surface area contributed by atoms with E-state index in [1.54, 1.807) is 9.42 Å². The van der Waals surface area contributed by atoms with Crippen LogP contribution in [0.3, 0.4) is 0 Å². The maximum Gasteiger partial charge on any atom is 0.248 e. The number of rotatable bonds is 5. The molecule has 4 aromatic rings. The third-order valence-corrected chi connectivity index (χ3v) is 6.43. The first-order valence-corrected chi connectivity index (χ1v) is 11.2. The molecule has 0 bridgehead atoms. The highest BCUT2D eigenvalue weighted by Crippen LogP contribution is 2.30. The zero-order valence-electron chi connectivity index (χ0n) is 18.6. The predicted octanol–water partition coefficient (Wildman–Crippen LogP) is 2.28. The van der Waals surface area contributed by atoms with E-state index in [0.29, 0.717) is 13.1 Å². The largest absolute Gasteiger partial charge is 0.387 e. The predicted molar refractivity (Wildman–Crippen MR) is 127 cm³/mol. The number of pyridine rings is 1. The van der Waals surface area contributed by atoms with Gasteiger partial charge in [0.15, 0.2) is 5.65 Å². The topological polar surface area (TPSA) is 114 Å². The number of hydrogen-bond acceptors (Lipinski definition) is 5. The number of nitrogens with zero attached hydrogens (tertiary/aromatic N) is 4. The molecule has 0 saturated heterocycles. The van der Waals surface area contributed by atoms with Gasteiger partial charge in [0.2, 0.25) is 11.8 Å². The fourth-order valence-corrected chi connectivity index (χ4v) is 4.66. The monoisotopic (exact) mass is 455 g/mol. The Morgan fingerprint density at radius 1 is 1.00 bits per heavy atom. The van der Waals surface area contributed by atoms with Gasteiger partial charge in [-0.15, -0.1) is 0 Å². The van der Waals surface area contributed by atoms with Crippen LogP contribution in [0.1, 0.15) is 34.6 Å². The molecule has 2 amide bonds. The van der Waals surface area contributed by atoms with Crippen molar-refractivity contribution in [1.29, 1.82) is 0 Å². The summed E-state index contributed by atoms with van der Waals surface area (Å²) in [6.07, 6.45) is 5.05. The number of benzene rings is 2. The molecule has 1 unspecified atom stereocenters. The van der Waals surface area contributed by atoms with Crippen LogP contribution in [0.5, 0.6) is 0 Å². The van der Waals surface area contributed by atoms with Gasteiger partial charge in [0.05, 0.1) is 5.92 Å². The van der Waals surface area contributed by atoms with Crippen LogP contribution in [-0.4, -0.2) is 49.6 Å². The smallest absolute Gasteiger partial charge is 0.248 e. The number of aliphatic hydroxyl groups is 1. The maximum absolute atomic E-state index is 12.5. The van der Waals surface area contributed by atoms with Crippen LogP contribution in [0.25, 0.3) is 16.8 Å². The van der Waals surface area contributed by atoms with E-state index in [1.165, 1.54) is 6.33 Å². The third-order valence-electron chi connectivity index (χ3n) is 6.43. The summed E-state index contributed by atoms with van der Waals surface area (Å²) in [5, 5.41) is 13.4. The Morgan fingerprint density at radius 3 is 2.56 bits per heavy atom. The van der Waals surface area contributed by atoms with Crippen LogP contribution in [0, 0.1) is 0 Å². The van der Waals surface area contributed by atoms with Crippen molar-refractivity contribution in [2.45, 2.75) is 25.3 Å². The molecule has 0 fully saturated rings. The average Bonchev–Trinajstić information content (AvgIpc) is 3.22. The van der Waals surface area contributed by atoms with E-state index in [-0.39, 0.29) is 5.91 Å². The van der Waals surface area contributed by atoms with Gasteiger partial charge in [-0.3, -0.25) is 9.59 Å². The van der Waals surface area contributed by atoms with E-state index in [1.807, 2.05) is 60.8 Å². The first-order valence-electron chi connectivity index (χ1n) is 11.2. The summed E-state index contributed by atoms with van der Waals surface area (Å²) in [5.41, 5.74) is 12.3. The molecule has 5 rings (SSSR count). The van der Waals surface area contributed by atoms with Crippen LogP contribution in [-0.2, 0) is 22.6 Å². The Bertz CT molecular complexity index is 1360. The average molecular weight is 456 g/mol. The van der Waals surface area contributed by atoms with Crippen molar-refractivity contribution in [3.63, 3.8) is 0 Å². The molecule has 0 spiro atoms. The van der Waals surface area contributed by atoms with Crippen LogP contribution in [0.15, 0.2) is 67.1 Å². The molecule has 1 aliphatic rings. The van der Waals surface area contributed by atoms with Crippen molar-refractivity contribution in [2.24, 2.45) is 5.73 Å². The van der Waals surface area contributed by atoms with Crippen LogP contribution >= 0.6 is 0 Å². The molecule has 3 heterocycles. The molecule has 8 heteroatoms. The van der Waals surface area contributed by atoms with Crippen molar-refractivity contribution < 1.29 is 14.7 Å². The second kappa shape index (κ2) is 9.07. The number of hydrogen-bond donors (Lipinski definition) is 2. The van der Waals surface area contributed by atoms with Crippen molar-refractivity contribution >= 4 is 17.5 Å². The van der Waals surface area contributed by atoms with Gasteiger partial charge >= 0.3 is 0 Å². The molecule has 1 aliphatic heterocycles. The van der Waals surface area contributed by atoms with Crippen molar-refractivity contribution in [3.05, 3.63) is 89.4 Å². The number of amides is 2. The Morgan fingerprint density at radius 2 is 1.79 bits per heavy atom. The van der Waals surface area contributed by atoms with Gasteiger partial charge in [0, 0.05) is 19.3 Å². The lowest BCUT2D eigenvalue weighted by atomic mass is 9.87. The van der Waals surface area contributed by atoms with Gasteiger partial charge in [-0.05, 0) is 58.4 Å². The van der Waals surface area contributed by atoms with E-state index in [0.717, 1.165) is 51.9 Å². The Balaban J connectivity index is 1.45. The Kier molecular flexibility index (Phi) is 5.81.